The Balaban J connectivity index is 2.20. The fourth-order valence-corrected chi connectivity index (χ4v) is 2.69. The minimum absolute atomic E-state index is 0.310. The summed E-state index contributed by atoms with van der Waals surface area (Å²) in [5, 5.41) is 0. The summed E-state index contributed by atoms with van der Waals surface area (Å²) in [6.07, 6.45) is 4.30. The zero-order valence-corrected chi connectivity index (χ0v) is 12.3. The molecule has 5 heteroatoms. The van der Waals surface area contributed by atoms with Crippen molar-refractivity contribution in [3.8, 4) is 0 Å². The van der Waals surface area contributed by atoms with Gasteiger partial charge in [-0.15, -0.1) is 0 Å². The van der Waals surface area contributed by atoms with Crippen molar-refractivity contribution in [2.24, 2.45) is 11.7 Å². The van der Waals surface area contributed by atoms with Gasteiger partial charge < -0.3 is 19.9 Å². The number of aryl methyl sites for hydroxylation is 1. The van der Waals surface area contributed by atoms with Gasteiger partial charge in [0.05, 0.1) is 18.3 Å². The molecule has 1 aromatic rings. The lowest BCUT2D eigenvalue weighted by Gasteiger charge is -2.22. The Morgan fingerprint density at radius 2 is 2.37 bits per heavy atom. The van der Waals surface area contributed by atoms with E-state index in [0.29, 0.717) is 18.6 Å². The second-order valence-electron chi connectivity index (χ2n) is 5.43. The van der Waals surface area contributed by atoms with Crippen LogP contribution in [0.3, 0.4) is 0 Å². The maximum absolute atomic E-state index is 5.78. The quantitative estimate of drug-likeness (QED) is 0.846. The van der Waals surface area contributed by atoms with Crippen LogP contribution in [0.15, 0.2) is 6.20 Å². The molecule has 2 N–H and O–H groups in total. The highest BCUT2D eigenvalue weighted by Crippen LogP contribution is 2.26. The van der Waals surface area contributed by atoms with E-state index in [1.807, 2.05) is 0 Å². The molecule has 0 aliphatic carbocycles. The van der Waals surface area contributed by atoms with E-state index < -0.39 is 0 Å². The van der Waals surface area contributed by atoms with E-state index >= 15 is 0 Å². The predicted octanol–water partition coefficient (Wildman–Crippen LogP) is 1.44. The lowest BCUT2D eigenvalue weighted by molar-refractivity contribution is 0.162. The monoisotopic (exact) mass is 266 g/mol. The van der Waals surface area contributed by atoms with Crippen LogP contribution in [0.2, 0.25) is 0 Å². The third-order valence-corrected chi connectivity index (χ3v) is 3.91. The molecule has 0 radical (unpaired) electrons. The average Bonchev–Trinajstić information content (AvgIpc) is 3.05. The predicted molar refractivity (Wildman–Crippen MR) is 77.6 cm³/mol. The molecule has 1 aliphatic heterocycles. The molecule has 0 bridgehead atoms. The van der Waals surface area contributed by atoms with E-state index in [2.05, 4.69) is 29.5 Å². The molecule has 19 heavy (non-hydrogen) atoms. The maximum Gasteiger partial charge on any atom is 0.206 e. The molecule has 2 atom stereocenters. The molecular weight excluding hydrogens is 240 g/mol. The van der Waals surface area contributed by atoms with Gasteiger partial charge >= 0.3 is 0 Å². The number of hydrogen-bond donors (Lipinski definition) is 1. The first kappa shape index (κ1) is 14.3. The number of nitrogens with two attached hydrogens (primary N) is 1. The number of imidazole rings is 1. The van der Waals surface area contributed by atoms with E-state index in [1.54, 1.807) is 7.11 Å². The molecule has 1 aliphatic rings. The van der Waals surface area contributed by atoms with Crippen molar-refractivity contribution in [2.45, 2.75) is 32.7 Å². The van der Waals surface area contributed by atoms with E-state index in [9.17, 15) is 0 Å². The van der Waals surface area contributed by atoms with Crippen molar-refractivity contribution < 1.29 is 4.74 Å². The van der Waals surface area contributed by atoms with E-state index in [0.717, 1.165) is 37.7 Å². The van der Waals surface area contributed by atoms with Crippen LogP contribution in [0.4, 0.5) is 5.95 Å². The van der Waals surface area contributed by atoms with Gasteiger partial charge in [-0.25, -0.2) is 4.98 Å². The normalized spacial score (nSPS) is 21.1. The molecule has 1 fully saturated rings. The Morgan fingerprint density at radius 1 is 1.58 bits per heavy atom. The Kier molecular flexibility index (Phi) is 4.82. The molecule has 0 aromatic carbocycles. The molecule has 2 unspecified atom stereocenters. The summed E-state index contributed by atoms with van der Waals surface area (Å²) in [5.74, 6) is 1.69. The van der Waals surface area contributed by atoms with Crippen molar-refractivity contribution in [3.63, 3.8) is 0 Å². The highest BCUT2D eigenvalue weighted by atomic mass is 16.5. The molecule has 2 rings (SSSR count). The highest BCUT2D eigenvalue weighted by Gasteiger charge is 2.26. The Labute approximate surface area is 115 Å². The number of methoxy groups -OCH3 is 1. The minimum atomic E-state index is 0.310. The van der Waals surface area contributed by atoms with E-state index in [4.69, 9.17) is 15.5 Å². The van der Waals surface area contributed by atoms with Crippen LogP contribution in [0.1, 0.15) is 32.0 Å². The zero-order chi connectivity index (χ0) is 13.8. The summed E-state index contributed by atoms with van der Waals surface area (Å²) in [6.45, 7) is 7.87. The molecule has 0 amide bonds. The summed E-state index contributed by atoms with van der Waals surface area (Å²) in [5.41, 5.74) is 6.92. The van der Waals surface area contributed by atoms with Gasteiger partial charge in [0.25, 0.3) is 0 Å². The molecule has 0 saturated carbocycles. The first-order chi connectivity index (χ1) is 9.19. The SMILES string of the molecule is CCc1cn(C(C)COC)c(N2CCC(CN)C2)n1. The van der Waals surface area contributed by atoms with Crippen LogP contribution < -0.4 is 10.6 Å². The summed E-state index contributed by atoms with van der Waals surface area (Å²) in [4.78, 5) is 7.14. The van der Waals surface area contributed by atoms with Crippen LogP contribution in [-0.4, -0.2) is 42.9 Å². The van der Waals surface area contributed by atoms with Gasteiger partial charge in [0.15, 0.2) is 0 Å². The molecule has 5 nitrogen and oxygen atoms in total. The molecule has 1 aromatic heterocycles. The Hall–Kier alpha value is -1.07. The van der Waals surface area contributed by atoms with Crippen molar-refractivity contribution in [1.29, 1.82) is 0 Å². The largest absolute Gasteiger partial charge is 0.383 e. The summed E-state index contributed by atoms with van der Waals surface area (Å²) >= 11 is 0. The highest BCUT2D eigenvalue weighted by molar-refractivity contribution is 5.36. The van der Waals surface area contributed by atoms with Gasteiger partial charge in [0.2, 0.25) is 5.95 Å². The van der Waals surface area contributed by atoms with Crippen LogP contribution in [-0.2, 0) is 11.2 Å². The Morgan fingerprint density at radius 3 is 2.95 bits per heavy atom. The molecule has 108 valence electrons. The van der Waals surface area contributed by atoms with Crippen LogP contribution in [0.25, 0.3) is 0 Å². The van der Waals surface area contributed by atoms with Crippen molar-refractivity contribution in [2.75, 3.05) is 38.3 Å². The van der Waals surface area contributed by atoms with Crippen molar-refractivity contribution >= 4 is 5.95 Å². The van der Waals surface area contributed by atoms with Gasteiger partial charge in [-0.05, 0) is 32.2 Å². The lowest BCUT2D eigenvalue weighted by Crippen LogP contribution is -2.26. The fraction of sp³-hybridized carbons (Fsp3) is 0.786. The minimum Gasteiger partial charge on any atom is -0.383 e. The number of nitrogens with zero attached hydrogens (tertiary/aromatic N) is 3. The Bertz CT molecular complexity index is 404. The zero-order valence-electron chi connectivity index (χ0n) is 12.3. The third-order valence-electron chi connectivity index (χ3n) is 3.91. The van der Waals surface area contributed by atoms with E-state index in [-0.39, 0.29) is 0 Å². The van der Waals surface area contributed by atoms with Gasteiger partial charge in [-0.1, -0.05) is 6.92 Å². The van der Waals surface area contributed by atoms with Crippen molar-refractivity contribution in [1.82, 2.24) is 9.55 Å². The van der Waals surface area contributed by atoms with Crippen LogP contribution in [0.5, 0.6) is 0 Å². The van der Waals surface area contributed by atoms with Gasteiger partial charge in [-0.3, -0.25) is 0 Å². The third kappa shape index (κ3) is 3.09. The second kappa shape index (κ2) is 6.39. The number of hydrogen-bond acceptors (Lipinski definition) is 4. The molecule has 0 spiro atoms. The van der Waals surface area contributed by atoms with Crippen molar-refractivity contribution in [3.05, 3.63) is 11.9 Å². The van der Waals surface area contributed by atoms with Crippen LogP contribution >= 0.6 is 0 Å². The molecule has 1 saturated heterocycles. The van der Waals surface area contributed by atoms with Gasteiger partial charge in [-0.2, -0.15) is 0 Å². The number of ether oxygens (including phenoxy) is 1. The summed E-state index contributed by atoms with van der Waals surface area (Å²) < 4.78 is 7.52. The first-order valence-electron chi connectivity index (χ1n) is 7.21. The van der Waals surface area contributed by atoms with E-state index in [1.165, 1.54) is 6.42 Å². The molecular formula is C14H26N4O. The van der Waals surface area contributed by atoms with Crippen LogP contribution in [0, 0.1) is 5.92 Å². The summed E-state index contributed by atoms with van der Waals surface area (Å²) in [6, 6.07) is 0.310. The standard InChI is InChI=1S/C14H26N4O/c1-4-13-9-18(11(2)10-19-3)14(16-13)17-6-5-12(7-15)8-17/h9,11-12H,4-8,10,15H2,1-3H3. The number of anilines is 1. The van der Waals surface area contributed by atoms with Gasteiger partial charge in [0.1, 0.15) is 0 Å². The second-order valence-corrected chi connectivity index (χ2v) is 5.43. The topological polar surface area (TPSA) is 56.3 Å². The molecule has 2 heterocycles. The lowest BCUT2D eigenvalue weighted by atomic mass is 10.1. The first-order valence-corrected chi connectivity index (χ1v) is 7.21. The van der Waals surface area contributed by atoms with Gasteiger partial charge in [0, 0.05) is 26.4 Å². The maximum atomic E-state index is 5.78. The average molecular weight is 266 g/mol. The smallest absolute Gasteiger partial charge is 0.206 e. The number of aromatic nitrogens is 2. The fourth-order valence-electron chi connectivity index (χ4n) is 2.69. The summed E-state index contributed by atoms with van der Waals surface area (Å²) in [7, 11) is 1.74. The number of rotatable bonds is 6.